The third-order valence-electron chi connectivity index (χ3n) is 3.71. The fourth-order valence-corrected chi connectivity index (χ4v) is 2.79. The number of ether oxygens (including phenoxy) is 2. The highest BCUT2D eigenvalue weighted by Crippen LogP contribution is 2.38. The van der Waals surface area contributed by atoms with E-state index in [2.05, 4.69) is 0 Å². The van der Waals surface area contributed by atoms with Crippen molar-refractivity contribution >= 4 is 11.0 Å². The Balaban J connectivity index is 1.99. The highest BCUT2D eigenvalue weighted by Gasteiger charge is 2.37. The molecule has 1 aromatic carbocycles. The molecule has 3 heterocycles. The van der Waals surface area contributed by atoms with Crippen molar-refractivity contribution in [2.75, 3.05) is 6.61 Å². The zero-order valence-corrected chi connectivity index (χ0v) is 9.72. The van der Waals surface area contributed by atoms with Gasteiger partial charge in [0.1, 0.15) is 11.3 Å². The zero-order chi connectivity index (χ0) is 12.1. The van der Waals surface area contributed by atoms with Gasteiger partial charge in [-0.05, 0) is 25.0 Å². The minimum atomic E-state index is -0.283. The second-order valence-electron chi connectivity index (χ2n) is 4.80. The van der Waals surface area contributed by atoms with Crippen LogP contribution < -0.4 is 10.4 Å². The van der Waals surface area contributed by atoms with E-state index < -0.39 is 0 Å². The molecule has 4 nitrogen and oxygen atoms in total. The second kappa shape index (κ2) is 3.59. The molecular weight excluding hydrogens is 232 g/mol. The molecule has 0 bridgehead atoms. The van der Waals surface area contributed by atoms with Gasteiger partial charge >= 0.3 is 5.63 Å². The van der Waals surface area contributed by atoms with E-state index in [1.165, 1.54) is 0 Å². The van der Waals surface area contributed by atoms with Crippen molar-refractivity contribution in [3.63, 3.8) is 0 Å². The monoisotopic (exact) mass is 244 g/mol. The predicted molar refractivity (Wildman–Crippen MR) is 64.7 cm³/mol. The molecule has 0 N–H and O–H groups in total. The van der Waals surface area contributed by atoms with Crippen LogP contribution in [0.15, 0.2) is 33.5 Å². The lowest BCUT2D eigenvalue weighted by Crippen LogP contribution is -2.32. The van der Waals surface area contributed by atoms with Crippen LogP contribution in [0.25, 0.3) is 11.0 Å². The first-order valence-corrected chi connectivity index (χ1v) is 6.16. The summed E-state index contributed by atoms with van der Waals surface area (Å²) in [6.07, 6.45) is 1.42. The summed E-state index contributed by atoms with van der Waals surface area (Å²) in [5, 5.41) is 0.848. The van der Waals surface area contributed by atoms with Crippen molar-refractivity contribution in [2.45, 2.75) is 19.1 Å². The summed E-state index contributed by atoms with van der Waals surface area (Å²) < 4.78 is 16.7. The summed E-state index contributed by atoms with van der Waals surface area (Å²) in [6, 6.07) is 7.44. The molecule has 4 rings (SSSR count). The molecule has 0 unspecified atom stereocenters. The number of hydrogen-bond acceptors (Lipinski definition) is 4. The van der Waals surface area contributed by atoms with Crippen LogP contribution >= 0.6 is 0 Å². The molecule has 2 aliphatic heterocycles. The number of hydrogen-bond donors (Lipinski definition) is 0. The average Bonchev–Trinajstić information content (AvgIpc) is 2.84. The Labute approximate surface area is 103 Å². The molecule has 4 heteroatoms. The maximum Gasteiger partial charge on any atom is 0.343 e. The predicted octanol–water partition coefficient (Wildman–Crippen LogP) is 2.09. The zero-order valence-electron chi connectivity index (χ0n) is 9.72. The van der Waals surface area contributed by atoms with E-state index in [1.54, 1.807) is 6.07 Å². The Kier molecular flexibility index (Phi) is 2.02. The van der Waals surface area contributed by atoms with E-state index >= 15 is 0 Å². The van der Waals surface area contributed by atoms with Gasteiger partial charge in [0, 0.05) is 5.92 Å². The number of para-hydroxylation sites is 1. The van der Waals surface area contributed by atoms with Crippen molar-refractivity contribution in [1.29, 1.82) is 0 Å². The van der Waals surface area contributed by atoms with Crippen molar-refractivity contribution in [2.24, 2.45) is 5.92 Å². The third kappa shape index (κ3) is 1.32. The van der Waals surface area contributed by atoms with Gasteiger partial charge in [-0.2, -0.15) is 0 Å². The summed E-state index contributed by atoms with van der Waals surface area (Å²) in [4.78, 5) is 12.0. The second-order valence-corrected chi connectivity index (χ2v) is 4.80. The first-order chi connectivity index (χ1) is 8.83. The van der Waals surface area contributed by atoms with Crippen molar-refractivity contribution in [1.82, 2.24) is 0 Å². The number of fused-ring (bicyclic) bond motifs is 4. The van der Waals surface area contributed by atoms with Gasteiger partial charge in [-0.1, -0.05) is 12.1 Å². The van der Waals surface area contributed by atoms with Gasteiger partial charge in [0.15, 0.2) is 0 Å². The van der Waals surface area contributed by atoms with E-state index in [-0.39, 0.29) is 17.8 Å². The average molecular weight is 244 g/mol. The Morgan fingerprint density at radius 3 is 3.06 bits per heavy atom. The van der Waals surface area contributed by atoms with Gasteiger partial charge in [0.05, 0.1) is 17.6 Å². The van der Waals surface area contributed by atoms with Gasteiger partial charge in [-0.3, -0.25) is 0 Å². The van der Waals surface area contributed by atoms with Crippen molar-refractivity contribution < 1.29 is 13.9 Å². The highest BCUT2D eigenvalue weighted by molar-refractivity contribution is 5.84. The summed E-state index contributed by atoms with van der Waals surface area (Å²) >= 11 is 0. The molecule has 2 atom stereocenters. The molecular formula is C14H12O4. The van der Waals surface area contributed by atoms with Crippen LogP contribution in [0.3, 0.4) is 0 Å². The Hall–Kier alpha value is -1.81. The van der Waals surface area contributed by atoms with Crippen molar-refractivity contribution in [3.05, 3.63) is 40.2 Å². The SMILES string of the molecule is O=c1oc2ccccc2c2c1C[C@@H]1CCO[C@@H]1O2. The lowest BCUT2D eigenvalue weighted by Gasteiger charge is -2.27. The van der Waals surface area contributed by atoms with Crippen LogP contribution in [-0.4, -0.2) is 12.9 Å². The summed E-state index contributed by atoms with van der Waals surface area (Å²) in [7, 11) is 0. The largest absolute Gasteiger partial charge is 0.463 e. The van der Waals surface area contributed by atoms with E-state index in [9.17, 15) is 4.79 Å². The lowest BCUT2D eigenvalue weighted by atomic mass is 9.94. The van der Waals surface area contributed by atoms with Crippen LogP contribution in [0.4, 0.5) is 0 Å². The lowest BCUT2D eigenvalue weighted by molar-refractivity contribution is -0.0694. The number of benzene rings is 1. The molecule has 0 spiro atoms. The Morgan fingerprint density at radius 2 is 2.11 bits per heavy atom. The Morgan fingerprint density at radius 1 is 1.22 bits per heavy atom. The minimum Gasteiger partial charge on any atom is -0.463 e. The fourth-order valence-electron chi connectivity index (χ4n) is 2.79. The summed E-state index contributed by atoms with van der Waals surface area (Å²) in [5.41, 5.74) is 0.937. The van der Waals surface area contributed by atoms with Crippen molar-refractivity contribution in [3.8, 4) is 5.75 Å². The van der Waals surface area contributed by atoms with Crippen LogP contribution in [0, 0.1) is 5.92 Å². The molecule has 1 aromatic heterocycles. The number of rotatable bonds is 0. The molecule has 0 radical (unpaired) electrons. The van der Waals surface area contributed by atoms with E-state index in [0.717, 1.165) is 11.8 Å². The normalized spacial score (nSPS) is 25.6. The van der Waals surface area contributed by atoms with Gasteiger partial charge in [-0.25, -0.2) is 4.79 Å². The topological polar surface area (TPSA) is 48.7 Å². The highest BCUT2D eigenvalue weighted by atomic mass is 16.7. The smallest absolute Gasteiger partial charge is 0.343 e. The molecule has 0 amide bonds. The molecule has 0 saturated carbocycles. The fraction of sp³-hybridized carbons (Fsp3) is 0.357. The molecule has 92 valence electrons. The van der Waals surface area contributed by atoms with E-state index in [4.69, 9.17) is 13.9 Å². The molecule has 2 aromatic rings. The molecule has 18 heavy (non-hydrogen) atoms. The first-order valence-electron chi connectivity index (χ1n) is 6.16. The molecule has 2 aliphatic rings. The maximum absolute atomic E-state index is 12.0. The van der Waals surface area contributed by atoms with Gasteiger partial charge in [0.25, 0.3) is 0 Å². The van der Waals surface area contributed by atoms with Gasteiger partial charge in [0.2, 0.25) is 6.29 Å². The van der Waals surface area contributed by atoms with Crippen LogP contribution in [0.2, 0.25) is 0 Å². The van der Waals surface area contributed by atoms with Crippen LogP contribution in [0.5, 0.6) is 5.75 Å². The summed E-state index contributed by atoms with van der Waals surface area (Å²) in [6.45, 7) is 0.701. The molecule has 0 aliphatic carbocycles. The standard InChI is InChI=1S/C14H12O4/c15-13-10-7-8-5-6-16-14(8)18-12(10)9-3-1-2-4-11(9)17-13/h1-4,8,14H,5-7H2/t8-,14+/m0/s1. The molecule has 1 saturated heterocycles. The first kappa shape index (κ1) is 10.1. The molecule has 1 fully saturated rings. The Bertz CT molecular complexity index is 673. The quantitative estimate of drug-likeness (QED) is 0.666. The van der Waals surface area contributed by atoms with Gasteiger partial charge in [-0.15, -0.1) is 0 Å². The van der Waals surface area contributed by atoms with Crippen LogP contribution in [0.1, 0.15) is 12.0 Å². The summed E-state index contributed by atoms with van der Waals surface area (Å²) in [5.74, 6) is 0.923. The van der Waals surface area contributed by atoms with Crippen LogP contribution in [-0.2, 0) is 11.2 Å². The third-order valence-corrected chi connectivity index (χ3v) is 3.71. The van der Waals surface area contributed by atoms with E-state index in [1.807, 2.05) is 18.2 Å². The maximum atomic E-state index is 12.0. The van der Waals surface area contributed by atoms with Gasteiger partial charge < -0.3 is 13.9 Å². The minimum absolute atomic E-state index is 0.206. The van der Waals surface area contributed by atoms with E-state index in [0.29, 0.717) is 29.9 Å².